The lowest BCUT2D eigenvalue weighted by Gasteiger charge is -2.24. The molecule has 1 saturated heterocycles. The summed E-state index contributed by atoms with van der Waals surface area (Å²) in [5.74, 6) is -0.580. The van der Waals surface area contributed by atoms with Crippen LogP contribution >= 0.6 is 0 Å². The topological polar surface area (TPSA) is 41.5 Å². The molecule has 1 aliphatic rings. The van der Waals surface area contributed by atoms with Gasteiger partial charge in [0.2, 0.25) is 0 Å². The minimum Gasteiger partial charge on any atom is -0.504 e. The Morgan fingerprint density at radius 1 is 1.50 bits per heavy atom. The van der Waals surface area contributed by atoms with Crippen molar-refractivity contribution in [3.63, 3.8) is 0 Å². The van der Waals surface area contributed by atoms with Crippen molar-refractivity contribution < 1.29 is 14.2 Å². The van der Waals surface area contributed by atoms with Crippen molar-refractivity contribution in [2.75, 3.05) is 13.7 Å². The van der Waals surface area contributed by atoms with Crippen molar-refractivity contribution in [3.8, 4) is 11.5 Å². The van der Waals surface area contributed by atoms with Crippen LogP contribution in [-0.2, 0) is 6.42 Å². The van der Waals surface area contributed by atoms with Crippen LogP contribution in [0.2, 0.25) is 0 Å². The van der Waals surface area contributed by atoms with Crippen molar-refractivity contribution in [1.82, 2.24) is 5.32 Å². The van der Waals surface area contributed by atoms with Gasteiger partial charge in [-0.3, -0.25) is 0 Å². The molecule has 1 aromatic rings. The summed E-state index contributed by atoms with van der Waals surface area (Å²) >= 11 is 0. The van der Waals surface area contributed by atoms with Crippen LogP contribution in [0.5, 0.6) is 11.5 Å². The molecule has 0 amide bonds. The first kappa shape index (κ1) is 13.1. The number of phenols is 1. The molecule has 0 aliphatic carbocycles. The molecule has 18 heavy (non-hydrogen) atoms. The van der Waals surface area contributed by atoms with Gasteiger partial charge in [0.05, 0.1) is 7.11 Å². The fraction of sp³-hybridized carbons (Fsp3) is 0.571. The highest BCUT2D eigenvalue weighted by Gasteiger charge is 2.20. The monoisotopic (exact) mass is 253 g/mol. The maximum atomic E-state index is 14.2. The van der Waals surface area contributed by atoms with Crippen molar-refractivity contribution in [1.29, 1.82) is 0 Å². The number of halogens is 1. The number of benzene rings is 1. The minimum atomic E-state index is -0.437. The molecule has 0 bridgehead atoms. The molecule has 0 saturated carbocycles. The van der Waals surface area contributed by atoms with E-state index >= 15 is 0 Å². The number of hydrogen-bond acceptors (Lipinski definition) is 3. The smallest absolute Gasteiger partial charge is 0.197 e. The lowest BCUT2D eigenvalue weighted by Crippen LogP contribution is -2.35. The second-order valence-electron chi connectivity index (χ2n) is 4.90. The molecule has 100 valence electrons. The van der Waals surface area contributed by atoms with E-state index in [4.69, 9.17) is 4.74 Å². The van der Waals surface area contributed by atoms with Gasteiger partial charge in [-0.05, 0) is 49.9 Å². The third kappa shape index (κ3) is 2.58. The van der Waals surface area contributed by atoms with Gasteiger partial charge in [-0.15, -0.1) is 0 Å². The Kier molecular flexibility index (Phi) is 4.07. The van der Waals surface area contributed by atoms with E-state index in [-0.39, 0.29) is 11.5 Å². The van der Waals surface area contributed by atoms with Gasteiger partial charge in [0.15, 0.2) is 17.3 Å². The van der Waals surface area contributed by atoms with Crippen LogP contribution < -0.4 is 10.1 Å². The number of piperidine rings is 1. The largest absolute Gasteiger partial charge is 0.504 e. The number of aromatic hydroxyl groups is 1. The SMILES string of the molecule is COc1c(O)c(C)cc(CC2CCCCN2)c1F. The maximum absolute atomic E-state index is 14.2. The number of rotatable bonds is 3. The second kappa shape index (κ2) is 5.57. The van der Waals surface area contributed by atoms with E-state index in [9.17, 15) is 9.50 Å². The molecule has 1 aromatic carbocycles. The zero-order valence-electron chi connectivity index (χ0n) is 10.9. The van der Waals surface area contributed by atoms with Gasteiger partial charge in [0.1, 0.15) is 0 Å². The average Bonchev–Trinajstić information content (AvgIpc) is 2.38. The highest BCUT2D eigenvalue weighted by Crippen LogP contribution is 2.35. The maximum Gasteiger partial charge on any atom is 0.197 e. The van der Waals surface area contributed by atoms with Crippen molar-refractivity contribution >= 4 is 0 Å². The Morgan fingerprint density at radius 2 is 2.28 bits per heavy atom. The first-order valence-corrected chi connectivity index (χ1v) is 6.41. The molecule has 0 spiro atoms. The summed E-state index contributed by atoms with van der Waals surface area (Å²) in [5, 5.41) is 13.1. The van der Waals surface area contributed by atoms with E-state index in [0.717, 1.165) is 13.0 Å². The van der Waals surface area contributed by atoms with Crippen molar-refractivity contribution in [3.05, 3.63) is 23.0 Å². The summed E-state index contributed by atoms with van der Waals surface area (Å²) in [5.41, 5.74) is 1.26. The third-order valence-corrected chi connectivity index (χ3v) is 3.54. The highest BCUT2D eigenvalue weighted by atomic mass is 19.1. The Bertz CT molecular complexity index is 428. The van der Waals surface area contributed by atoms with E-state index in [1.54, 1.807) is 13.0 Å². The number of nitrogens with one attached hydrogen (secondary N) is 1. The molecule has 1 fully saturated rings. The molecule has 0 radical (unpaired) electrons. The molecular formula is C14H20FNO2. The Hall–Kier alpha value is -1.29. The number of phenolic OH excluding ortho intramolecular Hbond substituents is 1. The van der Waals surface area contributed by atoms with Gasteiger partial charge in [-0.1, -0.05) is 6.42 Å². The van der Waals surface area contributed by atoms with Gasteiger partial charge in [0.25, 0.3) is 0 Å². The molecular weight excluding hydrogens is 233 g/mol. The summed E-state index contributed by atoms with van der Waals surface area (Å²) in [6.07, 6.45) is 4.09. The predicted octanol–water partition coefficient (Wildman–Crippen LogP) is 2.53. The summed E-state index contributed by atoms with van der Waals surface area (Å²) in [7, 11) is 1.38. The van der Waals surface area contributed by atoms with Crippen LogP contribution in [-0.4, -0.2) is 24.8 Å². The number of hydrogen-bond donors (Lipinski definition) is 2. The molecule has 1 aliphatic heterocycles. The summed E-state index contributed by atoms with van der Waals surface area (Å²) < 4.78 is 19.1. The molecule has 1 unspecified atom stereocenters. The fourth-order valence-corrected chi connectivity index (χ4v) is 2.52. The molecule has 1 atom stereocenters. The zero-order valence-corrected chi connectivity index (χ0v) is 10.9. The molecule has 1 heterocycles. The lowest BCUT2D eigenvalue weighted by atomic mass is 9.96. The van der Waals surface area contributed by atoms with Gasteiger partial charge in [-0.2, -0.15) is 0 Å². The first-order valence-electron chi connectivity index (χ1n) is 6.41. The van der Waals surface area contributed by atoms with Crippen molar-refractivity contribution in [2.45, 2.75) is 38.6 Å². The van der Waals surface area contributed by atoms with E-state index in [2.05, 4.69) is 5.32 Å². The van der Waals surface area contributed by atoms with E-state index in [1.165, 1.54) is 20.0 Å². The molecule has 2 N–H and O–H groups in total. The quantitative estimate of drug-likeness (QED) is 0.869. The van der Waals surface area contributed by atoms with Gasteiger partial charge in [0, 0.05) is 6.04 Å². The summed E-state index contributed by atoms with van der Waals surface area (Å²) in [4.78, 5) is 0. The highest BCUT2D eigenvalue weighted by molar-refractivity contribution is 5.49. The zero-order chi connectivity index (χ0) is 13.1. The Balaban J connectivity index is 2.24. The summed E-state index contributed by atoms with van der Waals surface area (Å²) in [6.45, 7) is 2.76. The van der Waals surface area contributed by atoms with Crippen LogP contribution in [0.15, 0.2) is 6.07 Å². The van der Waals surface area contributed by atoms with Crippen LogP contribution in [0.4, 0.5) is 4.39 Å². The van der Waals surface area contributed by atoms with Crippen LogP contribution in [0.1, 0.15) is 30.4 Å². The second-order valence-corrected chi connectivity index (χ2v) is 4.90. The third-order valence-electron chi connectivity index (χ3n) is 3.54. The number of aryl methyl sites for hydroxylation is 1. The number of methoxy groups -OCH3 is 1. The van der Waals surface area contributed by atoms with Crippen LogP contribution in [0.3, 0.4) is 0 Å². The summed E-state index contributed by atoms with van der Waals surface area (Å²) in [6, 6.07) is 2.03. The van der Waals surface area contributed by atoms with E-state index in [0.29, 0.717) is 23.6 Å². The fourth-order valence-electron chi connectivity index (χ4n) is 2.52. The Labute approximate surface area is 107 Å². The van der Waals surface area contributed by atoms with Crippen LogP contribution in [0, 0.1) is 12.7 Å². The molecule has 3 nitrogen and oxygen atoms in total. The normalized spacial score (nSPS) is 19.8. The Morgan fingerprint density at radius 3 is 2.89 bits per heavy atom. The van der Waals surface area contributed by atoms with E-state index in [1.807, 2.05) is 0 Å². The van der Waals surface area contributed by atoms with E-state index < -0.39 is 5.82 Å². The molecule has 4 heteroatoms. The van der Waals surface area contributed by atoms with Crippen molar-refractivity contribution in [2.24, 2.45) is 0 Å². The number of ether oxygens (including phenoxy) is 1. The van der Waals surface area contributed by atoms with Gasteiger partial charge in [-0.25, -0.2) is 4.39 Å². The first-order chi connectivity index (χ1) is 8.63. The predicted molar refractivity (Wildman–Crippen MR) is 68.7 cm³/mol. The van der Waals surface area contributed by atoms with Gasteiger partial charge >= 0.3 is 0 Å². The molecule has 0 aromatic heterocycles. The standard InChI is InChI=1S/C14H20FNO2/c1-9-7-10(8-11-5-3-4-6-16-11)12(15)14(18-2)13(9)17/h7,11,16-17H,3-6,8H2,1-2H3. The minimum absolute atomic E-state index is 0.0409. The lowest BCUT2D eigenvalue weighted by molar-refractivity contribution is 0.344. The van der Waals surface area contributed by atoms with Gasteiger partial charge < -0.3 is 15.2 Å². The average molecular weight is 253 g/mol. The molecule has 2 rings (SSSR count). The van der Waals surface area contributed by atoms with Crippen LogP contribution in [0.25, 0.3) is 0 Å².